The third-order valence-electron chi connectivity index (χ3n) is 3.67. The van der Waals surface area contributed by atoms with E-state index in [0.29, 0.717) is 5.56 Å². The minimum Gasteiger partial charge on any atom is -0.508 e. The van der Waals surface area contributed by atoms with Crippen molar-refractivity contribution < 1.29 is 10.2 Å². The third-order valence-corrected chi connectivity index (χ3v) is 4.10. The van der Waals surface area contributed by atoms with Crippen molar-refractivity contribution in [1.29, 1.82) is 0 Å². The topological polar surface area (TPSA) is 40.5 Å². The molecule has 19 heavy (non-hydrogen) atoms. The molecule has 108 valence electrons. The molecule has 1 aromatic carbocycles. The first-order chi connectivity index (χ1) is 8.68. The number of halogens is 1. The first-order valence-electron chi connectivity index (χ1n) is 6.93. The van der Waals surface area contributed by atoms with E-state index in [1.807, 2.05) is 12.1 Å². The molecule has 0 aromatic heterocycles. The van der Waals surface area contributed by atoms with Crippen LogP contribution in [0.1, 0.15) is 64.5 Å². The maximum atomic E-state index is 10.0. The summed E-state index contributed by atoms with van der Waals surface area (Å²) in [4.78, 5) is 0. The molecule has 1 aromatic rings. The molecule has 0 aliphatic carbocycles. The van der Waals surface area contributed by atoms with Crippen molar-refractivity contribution in [3.05, 3.63) is 29.3 Å². The van der Waals surface area contributed by atoms with Crippen molar-refractivity contribution in [1.82, 2.24) is 0 Å². The minimum absolute atomic E-state index is 0.0515. The number of rotatable bonds is 6. The molecule has 1 atom stereocenters. The molecule has 2 nitrogen and oxygen atoms in total. The van der Waals surface area contributed by atoms with Gasteiger partial charge in [-0.05, 0) is 52.4 Å². The van der Waals surface area contributed by atoms with E-state index in [2.05, 4.69) is 36.7 Å². The van der Waals surface area contributed by atoms with Gasteiger partial charge in [0.15, 0.2) is 0 Å². The van der Waals surface area contributed by atoms with Gasteiger partial charge in [-0.2, -0.15) is 0 Å². The minimum atomic E-state index is -1.20. The number of phenolic OH excluding ortho intramolecular Hbond substituents is 1. The Morgan fingerprint density at radius 1 is 1.16 bits per heavy atom. The SMILES string of the molecule is CCCCCC(C)(C)c1ccc(O)c(C(C)(O)Br)c1. The predicted octanol–water partition coefficient (Wildman–Crippen LogP) is 4.81. The van der Waals surface area contributed by atoms with E-state index in [1.54, 1.807) is 13.0 Å². The van der Waals surface area contributed by atoms with Gasteiger partial charge in [0.2, 0.25) is 0 Å². The molecule has 1 unspecified atom stereocenters. The molecule has 0 fully saturated rings. The summed E-state index contributed by atoms with van der Waals surface area (Å²) >= 11 is 3.20. The zero-order valence-electron chi connectivity index (χ0n) is 12.3. The standard InChI is InChI=1S/C16H25BrO2/c1-5-6-7-10-15(2,3)12-8-9-14(18)13(11-12)16(4,17)19/h8-9,11,18-19H,5-7,10H2,1-4H3. The number of aromatic hydroxyl groups is 1. The van der Waals surface area contributed by atoms with Gasteiger partial charge >= 0.3 is 0 Å². The molecule has 0 bridgehead atoms. The highest BCUT2D eigenvalue weighted by atomic mass is 79.9. The number of phenols is 1. The maximum absolute atomic E-state index is 10.0. The van der Waals surface area contributed by atoms with Gasteiger partial charge in [0.1, 0.15) is 10.3 Å². The molecule has 0 heterocycles. The Kier molecular flexibility index (Phi) is 5.45. The van der Waals surface area contributed by atoms with Gasteiger partial charge in [0.25, 0.3) is 0 Å². The van der Waals surface area contributed by atoms with E-state index in [0.717, 1.165) is 12.0 Å². The Hall–Kier alpha value is -0.540. The van der Waals surface area contributed by atoms with Crippen molar-refractivity contribution in [2.45, 2.75) is 63.3 Å². The van der Waals surface area contributed by atoms with Gasteiger partial charge in [-0.1, -0.05) is 46.1 Å². The van der Waals surface area contributed by atoms with E-state index in [4.69, 9.17) is 0 Å². The second-order valence-electron chi connectivity index (χ2n) is 6.03. The summed E-state index contributed by atoms with van der Waals surface area (Å²) in [5, 5.41) is 19.9. The van der Waals surface area contributed by atoms with E-state index in [9.17, 15) is 10.2 Å². The predicted molar refractivity (Wildman–Crippen MR) is 83.8 cm³/mol. The Labute approximate surface area is 125 Å². The highest BCUT2D eigenvalue weighted by Crippen LogP contribution is 2.38. The van der Waals surface area contributed by atoms with Gasteiger partial charge in [0.05, 0.1) is 0 Å². The molecular formula is C16H25BrO2. The van der Waals surface area contributed by atoms with Crippen molar-refractivity contribution in [3.63, 3.8) is 0 Å². The normalized spacial score (nSPS) is 15.3. The highest BCUT2D eigenvalue weighted by molar-refractivity contribution is 9.09. The first-order valence-corrected chi connectivity index (χ1v) is 7.73. The smallest absolute Gasteiger partial charge is 0.145 e. The van der Waals surface area contributed by atoms with Gasteiger partial charge in [-0.25, -0.2) is 0 Å². The van der Waals surface area contributed by atoms with Crippen LogP contribution in [0.15, 0.2) is 18.2 Å². The van der Waals surface area contributed by atoms with E-state index >= 15 is 0 Å². The summed E-state index contributed by atoms with van der Waals surface area (Å²) in [6.45, 7) is 8.24. The van der Waals surface area contributed by atoms with Crippen molar-refractivity contribution >= 4 is 15.9 Å². The van der Waals surface area contributed by atoms with Gasteiger partial charge in [-0.15, -0.1) is 0 Å². The third kappa shape index (κ3) is 4.50. The van der Waals surface area contributed by atoms with E-state index in [-0.39, 0.29) is 11.2 Å². The van der Waals surface area contributed by atoms with E-state index < -0.39 is 4.51 Å². The summed E-state index contributed by atoms with van der Waals surface area (Å²) in [5.41, 5.74) is 1.72. The van der Waals surface area contributed by atoms with Crippen LogP contribution in [0.4, 0.5) is 0 Å². The molecule has 0 aliphatic rings. The van der Waals surface area contributed by atoms with Gasteiger partial charge < -0.3 is 10.2 Å². The lowest BCUT2D eigenvalue weighted by Crippen LogP contribution is -2.19. The fourth-order valence-electron chi connectivity index (χ4n) is 2.28. The summed E-state index contributed by atoms with van der Waals surface area (Å²) < 4.78 is -1.20. The molecule has 0 saturated heterocycles. The van der Waals surface area contributed by atoms with Crippen LogP contribution < -0.4 is 0 Å². The summed E-state index contributed by atoms with van der Waals surface area (Å²) in [5.74, 6) is 0.120. The summed E-state index contributed by atoms with van der Waals surface area (Å²) in [6.07, 6.45) is 4.76. The second kappa shape index (κ2) is 6.27. The fraction of sp³-hybridized carbons (Fsp3) is 0.625. The Morgan fingerprint density at radius 3 is 2.32 bits per heavy atom. The lowest BCUT2D eigenvalue weighted by molar-refractivity contribution is 0.163. The molecule has 0 saturated carbocycles. The average Bonchev–Trinajstić information content (AvgIpc) is 2.27. The molecule has 0 spiro atoms. The number of hydrogen-bond acceptors (Lipinski definition) is 2. The largest absolute Gasteiger partial charge is 0.508 e. The molecule has 0 amide bonds. The number of benzene rings is 1. The van der Waals surface area contributed by atoms with Crippen LogP contribution in [0.3, 0.4) is 0 Å². The monoisotopic (exact) mass is 328 g/mol. The quantitative estimate of drug-likeness (QED) is 0.581. The molecular weight excluding hydrogens is 304 g/mol. The lowest BCUT2D eigenvalue weighted by Gasteiger charge is -2.27. The van der Waals surface area contributed by atoms with Crippen LogP contribution in [0, 0.1) is 0 Å². The van der Waals surface area contributed by atoms with Gasteiger partial charge in [0, 0.05) is 5.56 Å². The zero-order chi connectivity index (χ0) is 14.7. The Balaban J connectivity index is 3.01. The maximum Gasteiger partial charge on any atom is 0.145 e. The van der Waals surface area contributed by atoms with Crippen molar-refractivity contribution in [2.24, 2.45) is 0 Å². The summed E-state index contributed by atoms with van der Waals surface area (Å²) in [7, 11) is 0. The van der Waals surface area contributed by atoms with Crippen LogP contribution in [0.5, 0.6) is 5.75 Å². The van der Waals surface area contributed by atoms with Crippen LogP contribution in [-0.2, 0) is 9.93 Å². The zero-order valence-corrected chi connectivity index (χ0v) is 13.9. The van der Waals surface area contributed by atoms with Crippen LogP contribution >= 0.6 is 15.9 Å². The fourth-order valence-corrected chi connectivity index (χ4v) is 2.60. The number of unbranched alkanes of at least 4 members (excludes halogenated alkanes) is 2. The van der Waals surface area contributed by atoms with Crippen LogP contribution in [0.2, 0.25) is 0 Å². The van der Waals surface area contributed by atoms with Gasteiger partial charge in [-0.3, -0.25) is 0 Å². The molecule has 1 rings (SSSR count). The van der Waals surface area contributed by atoms with E-state index in [1.165, 1.54) is 19.3 Å². The highest BCUT2D eigenvalue weighted by Gasteiger charge is 2.26. The number of hydrogen-bond donors (Lipinski definition) is 2. The Bertz CT molecular complexity index is 419. The molecule has 3 heteroatoms. The number of alkyl halides is 1. The number of aliphatic hydroxyl groups is 1. The molecule has 0 aliphatic heterocycles. The average molecular weight is 329 g/mol. The first kappa shape index (κ1) is 16.5. The van der Waals surface area contributed by atoms with Crippen molar-refractivity contribution in [3.8, 4) is 5.75 Å². The van der Waals surface area contributed by atoms with Crippen molar-refractivity contribution in [2.75, 3.05) is 0 Å². The lowest BCUT2D eigenvalue weighted by atomic mass is 9.79. The van der Waals surface area contributed by atoms with Crippen LogP contribution in [0.25, 0.3) is 0 Å². The Morgan fingerprint density at radius 2 is 1.79 bits per heavy atom. The second-order valence-corrected chi connectivity index (χ2v) is 7.57. The summed E-state index contributed by atoms with van der Waals surface area (Å²) in [6, 6.07) is 5.52. The molecule has 0 radical (unpaired) electrons. The molecule has 2 N–H and O–H groups in total. The van der Waals surface area contributed by atoms with Crippen LogP contribution in [-0.4, -0.2) is 10.2 Å².